The lowest BCUT2D eigenvalue weighted by Gasteiger charge is -2.06. The molecule has 0 unspecified atom stereocenters. The Hall–Kier alpha value is -2.45. The van der Waals surface area contributed by atoms with Crippen molar-refractivity contribution in [3.63, 3.8) is 0 Å². The molecule has 2 aromatic carbocycles. The van der Waals surface area contributed by atoms with E-state index in [0.29, 0.717) is 17.0 Å². The Morgan fingerprint density at radius 3 is 2.73 bits per heavy atom. The number of carbonyl (C=O) groups excluding carboxylic acids is 1. The lowest BCUT2D eigenvalue weighted by molar-refractivity contribution is 0.0998. The minimum absolute atomic E-state index is 0.241. The van der Waals surface area contributed by atoms with Crippen molar-refractivity contribution in [3.05, 3.63) is 46.8 Å². The molecule has 1 aliphatic heterocycles. The number of carbonyl (C=O) groups is 1. The molecule has 0 saturated heterocycles. The number of aromatic nitrogens is 1. The third kappa shape index (κ3) is 4.49. The van der Waals surface area contributed by atoms with Crippen LogP contribution in [-0.4, -0.2) is 35.9 Å². The van der Waals surface area contributed by atoms with Crippen LogP contribution in [0, 0.1) is 0 Å². The zero-order valence-corrected chi connectivity index (χ0v) is 18.7. The van der Waals surface area contributed by atoms with Crippen LogP contribution >= 0.6 is 23.1 Å². The molecule has 30 heavy (non-hydrogen) atoms. The van der Waals surface area contributed by atoms with E-state index in [9.17, 15) is 4.79 Å². The molecule has 0 radical (unpaired) electrons. The molecular weight excluding hydrogens is 420 g/mol. The van der Waals surface area contributed by atoms with Gasteiger partial charge in [0.1, 0.15) is 5.75 Å². The molecule has 4 rings (SSSR count). The van der Waals surface area contributed by atoms with Gasteiger partial charge < -0.3 is 18.8 Å². The smallest absolute Gasteiger partial charge is 0.279 e. The van der Waals surface area contributed by atoms with Crippen LogP contribution in [0.15, 0.2) is 41.4 Å². The van der Waals surface area contributed by atoms with Gasteiger partial charge in [0.05, 0.1) is 16.8 Å². The molecule has 0 fully saturated rings. The van der Waals surface area contributed by atoms with Gasteiger partial charge in [-0.1, -0.05) is 24.7 Å². The molecule has 0 atom stereocenters. The van der Waals surface area contributed by atoms with Crippen LogP contribution in [-0.2, 0) is 6.54 Å². The monoisotopic (exact) mass is 444 g/mol. The molecule has 1 amide bonds. The number of benzene rings is 2. The van der Waals surface area contributed by atoms with Crippen LogP contribution in [0.5, 0.6) is 17.2 Å². The van der Waals surface area contributed by atoms with Gasteiger partial charge >= 0.3 is 0 Å². The number of ether oxygens (including phenoxy) is 3. The fourth-order valence-corrected chi connectivity index (χ4v) is 4.55. The first-order valence-corrected chi connectivity index (χ1v) is 12.1. The van der Waals surface area contributed by atoms with Crippen LogP contribution < -0.4 is 19.0 Å². The normalized spacial score (nSPS) is 13.2. The second-order valence-corrected chi connectivity index (χ2v) is 8.84. The zero-order chi connectivity index (χ0) is 20.9. The van der Waals surface area contributed by atoms with Crippen LogP contribution in [0.25, 0.3) is 10.2 Å². The fourth-order valence-electron chi connectivity index (χ4n) is 3.12. The number of thiazole rings is 1. The SMILES string of the molecule is CCCCOc1ccc(C(=O)N=c2sc3cc4c(cc3n2CCSC)OCO4)cc1. The average molecular weight is 445 g/mol. The molecule has 0 N–H and O–H groups in total. The van der Waals surface area contributed by atoms with Crippen molar-refractivity contribution >= 4 is 39.2 Å². The Bertz CT molecular complexity index is 1100. The van der Waals surface area contributed by atoms with Gasteiger partial charge in [-0.3, -0.25) is 4.79 Å². The van der Waals surface area contributed by atoms with E-state index < -0.39 is 0 Å². The first-order valence-electron chi connectivity index (χ1n) is 9.93. The molecule has 1 aromatic heterocycles. The summed E-state index contributed by atoms with van der Waals surface area (Å²) in [7, 11) is 0. The van der Waals surface area contributed by atoms with E-state index in [4.69, 9.17) is 14.2 Å². The maximum absolute atomic E-state index is 12.8. The zero-order valence-electron chi connectivity index (χ0n) is 17.1. The van der Waals surface area contributed by atoms with E-state index in [2.05, 4.69) is 22.7 Å². The van der Waals surface area contributed by atoms with E-state index in [0.717, 1.165) is 52.6 Å². The largest absolute Gasteiger partial charge is 0.494 e. The molecule has 6 nitrogen and oxygen atoms in total. The molecule has 0 aliphatic carbocycles. The van der Waals surface area contributed by atoms with Crippen molar-refractivity contribution in [1.82, 2.24) is 4.57 Å². The highest BCUT2D eigenvalue weighted by Crippen LogP contribution is 2.37. The lowest BCUT2D eigenvalue weighted by atomic mass is 10.2. The molecule has 158 valence electrons. The second kappa shape index (κ2) is 9.57. The topological polar surface area (TPSA) is 62.0 Å². The molecular formula is C22H24N2O4S2. The quantitative estimate of drug-likeness (QED) is 0.471. The number of amides is 1. The third-order valence-corrected chi connectivity index (χ3v) is 6.39. The van der Waals surface area contributed by atoms with Gasteiger partial charge in [0.25, 0.3) is 5.91 Å². The first kappa shape index (κ1) is 20.8. The molecule has 2 heterocycles. The van der Waals surface area contributed by atoms with Gasteiger partial charge in [0, 0.05) is 30.0 Å². The highest BCUT2D eigenvalue weighted by atomic mass is 32.2. The Balaban J connectivity index is 1.64. The van der Waals surface area contributed by atoms with Gasteiger partial charge in [-0.15, -0.1) is 0 Å². The minimum atomic E-state index is -0.264. The summed E-state index contributed by atoms with van der Waals surface area (Å²) in [5.74, 6) is 2.89. The van der Waals surface area contributed by atoms with Gasteiger partial charge in [-0.2, -0.15) is 16.8 Å². The number of fused-ring (bicyclic) bond motifs is 2. The summed E-state index contributed by atoms with van der Waals surface area (Å²) in [4.78, 5) is 17.9. The average Bonchev–Trinajstić information content (AvgIpc) is 3.34. The van der Waals surface area contributed by atoms with E-state index in [1.807, 2.05) is 24.3 Å². The number of thioether (sulfide) groups is 1. The lowest BCUT2D eigenvalue weighted by Crippen LogP contribution is -2.18. The molecule has 0 bridgehead atoms. The Morgan fingerprint density at radius 1 is 1.23 bits per heavy atom. The standard InChI is InChI=1S/C22H24N2O4S2/c1-3-4-10-26-16-7-5-15(6-8-16)21(25)23-22-24(9-11-29-2)17-12-18-19(28-14-27-18)13-20(17)30-22/h5-8,12-13H,3-4,9-11,14H2,1-2H3. The second-order valence-electron chi connectivity index (χ2n) is 6.85. The number of rotatable bonds is 8. The summed E-state index contributed by atoms with van der Waals surface area (Å²) >= 11 is 3.24. The van der Waals surface area contributed by atoms with Crippen molar-refractivity contribution in [3.8, 4) is 17.2 Å². The molecule has 1 aliphatic rings. The number of unbranched alkanes of at least 4 members (excludes halogenated alkanes) is 1. The fraction of sp³-hybridized carbons (Fsp3) is 0.364. The van der Waals surface area contributed by atoms with Crippen LogP contribution in [0.2, 0.25) is 0 Å². The van der Waals surface area contributed by atoms with Gasteiger partial charge in [-0.25, -0.2) is 0 Å². The van der Waals surface area contributed by atoms with Gasteiger partial charge in [0.15, 0.2) is 16.3 Å². The number of hydrogen-bond acceptors (Lipinski definition) is 6. The number of nitrogens with zero attached hydrogens (tertiary/aromatic N) is 2. The van der Waals surface area contributed by atoms with Crippen LogP contribution in [0.1, 0.15) is 30.1 Å². The first-order chi connectivity index (χ1) is 14.7. The molecule has 0 saturated carbocycles. The highest BCUT2D eigenvalue weighted by Gasteiger charge is 2.18. The predicted molar refractivity (Wildman–Crippen MR) is 121 cm³/mol. The third-order valence-electron chi connectivity index (χ3n) is 4.76. The Kier molecular flexibility index (Phi) is 6.64. The van der Waals surface area contributed by atoms with Crippen molar-refractivity contribution in [2.75, 3.05) is 25.4 Å². The van der Waals surface area contributed by atoms with Gasteiger partial charge in [0.2, 0.25) is 6.79 Å². The van der Waals surface area contributed by atoms with Crippen LogP contribution in [0.4, 0.5) is 0 Å². The number of hydrogen-bond donors (Lipinski definition) is 0. The minimum Gasteiger partial charge on any atom is -0.494 e. The molecule has 8 heteroatoms. The van der Waals surface area contributed by atoms with Gasteiger partial charge in [-0.05, 0) is 36.9 Å². The molecule has 3 aromatic rings. The Labute approximate surface area is 183 Å². The van der Waals surface area contributed by atoms with Crippen LogP contribution in [0.3, 0.4) is 0 Å². The summed E-state index contributed by atoms with van der Waals surface area (Å²) in [6, 6.07) is 11.1. The van der Waals surface area contributed by atoms with E-state index in [1.165, 1.54) is 11.3 Å². The highest BCUT2D eigenvalue weighted by molar-refractivity contribution is 7.98. The van der Waals surface area contributed by atoms with Crippen molar-refractivity contribution < 1.29 is 19.0 Å². The molecule has 0 spiro atoms. The summed E-state index contributed by atoms with van der Waals surface area (Å²) in [6.45, 7) is 3.81. The summed E-state index contributed by atoms with van der Waals surface area (Å²) < 4.78 is 19.8. The maximum atomic E-state index is 12.8. The van der Waals surface area contributed by atoms with E-state index in [1.54, 1.807) is 23.9 Å². The van der Waals surface area contributed by atoms with E-state index >= 15 is 0 Å². The summed E-state index contributed by atoms with van der Waals surface area (Å²) in [5.41, 5.74) is 1.55. The van der Waals surface area contributed by atoms with Crippen molar-refractivity contribution in [2.24, 2.45) is 4.99 Å². The maximum Gasteiger partial charge on any atom is 0.279 e. The summed E-state index contributed by atoms with van der Waals surface area (Å²) in [6.07, 6.45) is 4.16. The van der Waals surface area contributed by atoms with E-state index in [-0.39, 0.29) is 12.7 Å². The van der Waals surface area contributed by atoms with Crippen molar-refractivity contribution in [1.29, 1.82) is 0 Å². The Morgan fingerprint density at radius 2 is 2.00 bits per heavy atom. The summed E-state index contributed by atoms with van der Waals surface area (Å²) in [5, 5.41) is 0. The predicted octanol–water partition coefficient (Wildman–Crippen LogP) is 4.71. The number of aryl methyl sites for hydroxylation is 1. The van der Waals surface area contributed by atoms with Crippen molar-refractivity contribution in [2.45, 2.75) is 26.3 Å².